The van der Waals surface area contributed by atoms with E-state index in [0.717, 1.165) is 0 Å². The minimum Gasteiger partial charge on any atom is -0.143 e. The lowest BCUT2D eigenvalue weighted by atomic mass is 10.0. The summed E-state index contributed by atoms with van der Waals surface area (Å²) in [5.74, 6) is 1.07. The van der Waals surface area contributed by atoms with Crippen LogP contribution in [0.4, 0.5) is 0 Å². The zero-order chi connectivity index (χ0) is 8.43. The highest BCUT2D eigenvalue weighted by molar-refractivity contribution is 7.05. The fraction of sp³-hybridized carbons (Fsp3) is 0.778. The maximum atomic E-state index is 4.11. The van der Waals surface area contributed by atoms with E-state index in [4.69, 9.17) is 0 Å². The summed E-state index contributed by atoms with van der Waals surface area (Å²) in [6, 6.07) is 0. The molecular formula is C9H18N2S. The molecule has 0 aliphatic rings. The molecule has 0 saturated heterocycles. The zero-order valence-electron chi connectivity index (χ0n) is 7.46. The van der Waals surface area contributed by atoms with E-state index in [-0.39, 0.29) is 7.43 Å². The molecule has 12 heavy (non-hydrogen) atoms. The molecule has 2 nitrogen and oxygen atoms in total. The van der Waals surface area contributed by atoms with Crippen LogP contribution in [0, 0.1) is 0 Å². The van der Waals surface area contributed by atoms with Gasteiger partial charge in [-0.05, 0) is 23.4 Å². The standard InChI is InChI=1S/C8H14N2S.CH4/c1-5(2)7-8(6(3)4)11-10-9-7;/h5-6H,1-4H3;1H4. The first-order valence-corrected chi connectivity index (χ1v) is 4.72. The molecule has 0 N–H and O–H groups in total. The first kappa shape index (κ1) is 11.6. The summed E-state index contributed by atoms with van der Waals surface area (Å²) in [6.45, 7) is 8.67. The van der Waals surface area contributed by atoms with Crippen LogP contribution in [-0.4, -0.2) is 9.59 Å². The smallest absolute Gasteiger partial charge is 0.0815 e. The fourth-order valence-electron chi connectivity index (χ4n) is 1.01. The number of rotatable bonds is 2. The maximum absolute atomic E-state index is 4.11. The van der Waals surface area contributed by atoms with Crippen LogP contribution >= 0.6 is 11.5 Å². The van der Waals surface area contributed by atoms with Gasteiger partial charge in [-0.2, -0.15) is 0 Å². The number of hydrogen-bond donors (Lipinski definition) is 0. The molecule has 0 unspecified atom stereocenters. The molecule has 0 aliphatic heterocycles. The van der Waals surface area contributed by atoms with E-state index in [2.05, 4.69) is 37.3 Å². The first-order valence-electron chi connectivity index (χ1n) is 3.95. The number of hydrogen-bond acceptors (Lipinski definition) is 3. The second-order valence-corrected chi connectivity index (χ2v) is 4.12. The van der Waals surface area contributed by atoms with Crippen LogP contribution in [-0.2, 0) is 0 Å². The van der Waals surface area contributed by atoms with Crippen molar-refractivity contribution in [3.63, 3.8) is 0 Å². The van der Waals surface area contributed by atoms with Crippen molar-refractivity contribution in [2.45, 2.75) is 47.0 Å². The van der Waals surface area contributed by atoms with Crippen LogP contribution in [0.2, 0.25) is 0 Å². The predicted octanol–water partition coefficient (Wildman–Crippen LogP) is 3.42. The van der Waals surface area contributed by atoms with E-state index in [1.165, 1.54) is 22.1 Å². The minimum atomic E-state index is 0. The molecule has 0 atom stereocenters. The van der Waals surface area contributed by atoms with Gasteiger partial charge in [-0.25, -0.2) is 0 Å². The Balaban J connectivity index is 0.00000121. The molecule has 0 spiro atoms. The van der Waals surface area contributed by atoms with Crippen LogP contribution in [0.15, 0.2) is 0 Å². The van der Waals surface area contributed by atoms with Crippen LogP contribution in [0.5, 0.6) is 0 Å². The molecule has 0 aliphatic carbocycles. The van der Waals surface area contributed by atoms with E-state index < -0.39 is 0 Å². The molecule has 0 radical (unpaired) electrons. The summed E-state index contributed by atoms with van der Waals surface area (Å²) in [5, 5.41) is 4.11. The lowest BCUT2D eigenvalue weighted by molar-refractivity contribution is 0.768. The van der Waals surface area contributed by atoms with E-state index in [9.17, 15) is 0 Å². The Morgan fingerprint density at radius 3 is 2.00 bits per heavy atom. The van der Waals surface area contributed by atoms with E-state index in [0.29, 0.717) is 11.8 Å². The monoisotopic (exact) mass is 186 g/mol. The molecule has 1 aromatic heterocycles. The molecule has 1 heterocycles. The van der Waals surface area contributed by atoms with Gasteiger partial charge in [0.25, 0.3) is 0 Å². The Morgan fingerprint density at radius 2 is 1.67 bits per heavy atom. The van der Waals surface area contributed by atoms with E-state index in [1.54, 1.807) is 0 Å². The molecule has 70 valence electrons. The van der Waals surface area contributed by atoms with Crippen molar-refractivity contribution in [3.8, 4) is 0 Å². The second-order valence-electron chi connectivity index (χ2n) is 3.33. The van der Waals surface area contributed by atoms with Gasteiger partial charge in [-0.15, -0.1) is 5.10 Å². The fourth-order valence-corrected chi connectivity index (χ4v) is 1.80. The third-order valence-corrected chi connectivity index (χ3v) is 2.65. The van der Waals surface area contributed by atoms with Crippen LogP contribution in [0.25, 0.3) is 0 Å². The topological polar surface area (TPSA) is 25.8 Å². The van der Waals surface area contributed by atoms with Gasteiger partial charge in [0.1, 0.15) is 0 Å². The first-order chi connectivity index (χ1) is 5.13. The Labute approximate surface area is 79.2 Å². The number of aromatic nitrogens is 2. The SMILES string of the molecule is C.CC(C)c1nnsc1C(C)C. The van der Waals surface area contributed by atoms with Crippen molar-refractivity contribution in [3.05, 3.63) is 10.6 Å². The third kappa shape index (κ3) is 2.27. The Kier molecular flexibility index (Phi) is 4.39. The van der Waals surface area contributed by atoms with E-state index in [1.807, 2.05) is 0 Å². The van der Waals surface area contributed by atoms with Gasteiger partial charge in [0.05, 0.1) is 10.6 Å². The summed E-state index contributed by atoms with van der Waals surface area (Å²) in [4.78, 5) is 1.33. The summed E-state index contributed by atoms with van der Waals surface area (Å²) < 4.78 is 3.96. The maximum Gasteiger partial charge on any atom is 0.0815 e. The second kappa shape index (κ2) is 4.55. The van der Waals surface area contributed by atoms with Crippen LogP contribution in [0.3, 0.4) is 0 Å². The zero-order valence-corrected chi connectivity index (χ0v) is 8.27. The molecule has 0 amide bonds. The largest absolute Gasteiger partial charge is 0.143 e. The summed E-state index contributed by atoms with van der Waals surface area (Å²) in [6.07, 6.45) is 0. The summed E-state index contributed by atoms with van der Waals surface area (Å²) in [7, 11) is 0. The van der Waals surface area contributed by atoms with Gasteiger partial charge >= 0.3 is 0 Å². The molecule has 1 rings (SSSR count). The van der Waals surface area contributed by atoms with Crippen molar-refractivity contribution >= 4 is 11.5 Å². The van der Waals surface area contributed by atoms with Gasteiger partial charge in [-0.3, -0.25) is 0 Å². The lowest BCUT2D eigenvalue weighted by Gasteiger charge is -2.05. The van der Waals surface area contributed by atoms with Crippen molar-refractivity contribution in [2.75, 3.05) is 0 Å². The van der Waals surface area contributed by atoms with Crippen LogP contribution < -0.4 is 0 Å². The molecule has 0 bridgehead atoms. The third-order valence-electron chi connectivity index (χ3n) is 1.61. The molecule has 0 saturated carbocycles. The number of nitrogens with zero attached hydrogens (tertiary/aromatic N) is 2. The highest BCUT2D eigenvalue weighted by Gasteiger charge is 2.13. The highest BCUT2D eigenvalue weighted by atomic mass is 32.1. The van der Waals surface area contributed by atoms with Crippen molar-refractivity contribution < 1.29 is 0 Å². The van der Waals surface area contributed by atoms with Gasteiger partial charge in [0.15, 0.2) is 0 Å². The highest BCUT2D eigenvalue weighted by Crippen LogP contribution is 2.26. The summed E-state index contributed by atoms with van der Waals surface area (Å²) >= 11 is 1.52. The van der Waals surface area contributed by atoms with Gasteiger partial charge in [-0.1, -0.05) is 39.6 Å². The van der Waals surface area contributed by atoms with E-state index >= 15 is 0 Å². The van der Waals surface area contributed by atoms with Gasteiger partial charge in [0, 0.05) is 0 Å². The Bertz CT molecular complexity index is 206. The van der Waals surface area contributed by atoms with Crippen molar-refractivity contribution in [1.82, 2.24) is 9.59 Å². The Hall–Kier alpha value is -0.440. The Morgan fingerprint density at radius 1 is 1.08 bits per heavy atom. The van der Waals surface area contributed by atoms with Crippen molar-refractivity contribution in [1.29, 1.82) is 0 Å². The lowest BCUT2D eigenvalue weighted by Crippen LogP contribution is -1.94. The molecule has 0 fully saturated rings. The normalized spacial score (nSPS) is 10.5. The summed E-state index contributed by atoms with van der Waals surface area (Å²) in [5.41, 5.74) is 1.17. The van der Waals surface area contributed by atoms with Crippen molar-refractivity contribution in [2.24, 2.45) is 0 Å². The molecule has 3 heteroatoms. The average molecular weight is 186 g/mol. The predicted molar refractivity (Wildman–Crippen MR) is 54.8 cm³/mol. The van der Waals surface area contributed by atoms with Crippen LogP contribution in [0.1, 0.15) is 57.5 Å². The van der Waals surface area contributed by atoms with Gasteiger partial charge in [0.2, 0.25) is 0 Å². The minimum absolute atomic E-state index is 0. The molecule has 0 aromatic carbocycles. The quantitative estimate of drug-likeness (QED) is 0.707. The average Bonchev–Trinajstić information content (AvgIpc) is 2.32. The van der Waals surface area contributed by atoms with Gasteiger partial charge < -0.3 is 0 Å². The molecule has 1 aromatic rings. The molecular weight excluding hydrogens is 168 g/mol.